The van der Waals surface area contributed by atoms with Gasteiger partial charge in [0.25, 0.3) is 0 Å². The van der Waals surface area contributed by atoms with Crippen LogP contribution in [0.15, 0.2) is 0 Å². The molecule has 2 nitrogen and oxygen atoms in total. The van der Waals surface area contributed by atoms with Gasteiger partial charge in [-0.2, -0.15) is 0 Å². The molecule has 1 saturated carbocycles. The lowest BCUT2D eigenvalue weighted by Crippen LogP contribution is -2.46. The molecule has 0 aromatic carbocycles. The largest absolute Gasteiger partial charge is 0.374 e. The summed E-state index contributed by atoms with van der Waals surface area (Å²) in [7, 11) is 0. The smallest absolute Gasteiger partial charge is 0.0776 e. The van der Waals surface area contributed by atoms with Gasteiger partial charge in [-0.05, 0) is 33.1 Å². The quantitative estimate of drug-likeness (QED) is 0.739. The lowest BCUT2D eigenvalue weighted by molar-refractivity contribution is -0.0338. The maximum Gasteiger partial charge on any atom is 0.0776 e. The highest BCUT2D eigenvalue weighted by molar-refractivity contribution is 4.85. The third-order valence-electron chi connectivity index (χ3n) is 3.47. The van der Waals surface area contributed by atoms with Gasteiger partial charge in [-0.3, -0.25) is 0 Å². The fraction of sp³-hybridized carbons (Fsp3) is 1.00. The Labute approximate surface area is 88.2 Å². The summed E-state index contributed by atoms with van der Waals surface area (Å²) < 4.78 is 5.68. The molecule has 0 aliphatic heterocycles. The first-order chi connectivity index (χ1) is 6.56. The highest BCUT2D eigenvalue weighted by Gasteiger charge is 2.29. The number of ether oxygens (including phenoxy) is 1. The monoisotopic (exact) mass is 199 g/mol. The Morgan fingerprint density at radius 3 is 2.43 bits per heavy atom. The topological polar surface area (TPSA) is 35.2 Å². The second-order valence-electron chi connectivity index (χ2n) is 5.03. The molecule has 2 heteroatoms. The van der Waals surface area contributed by atoms with Crippen molar-refractivity contribution in [3.63, 3.8) is 0 Å². The molecule has 0 saturated heterocycles. The summed E-state index contributed by atoms with van der Waals surface area (Å²) in [6.07, 6.45) is 6.66. The molecule has 1 aliphatic rings. The molecule has 0 spiro atoms. The van der Waals surface area contributed by atoms with Crippen LogP contribution in [0.5, 0.6) is 0 Å². The van der Waals surface area contributed by atoms with Crippen LogP contribution in [0.1, 0.15) is 52.9 Å². The van der Waals surface area contributed by atoms with Crippen LogP contribution in [0.2, 0.25) is 0 Å². The normalized spacial score (nSPS) is 21.4. The molecule has 1 fully saturated rings. The minimum Gasteiger partial charge on any atom is -0.374 e. The van der Waals surface area contributed by atoms with E-state index in [1.54, 1.807) is 0 Å². The summed E-state index contributed by atoms with van der Waals surface area (Å²) in [4.78, 5) is 0. The third kappa shape index (κ3) is 3.25. The Kier molecular flexibility index (Phi) is 4.39. The highest BCUT2D eigenvalue weighted by Crippen LogP contribution is 2.30. The Hall–Kier alpha value is -0.0800. The summed E-state index contributed by atoms with van der Waals surface area (Å²) in [5.74, 6) is 0.852. The average molecular weight is 199 g/mol. The number of hydrogen-bond acceptors (Lipinski definition) is 2. The van der Waals surface area contributed by atoms with Crippen molar-refractivity contribution in [2.45, 2.75) is 64.5 Å². The molecule has 14 heavy (non-hydrogen) atoms. The maximum atomic E-state index is 6.19. The van der Waals surface area contributed by atoms with Gasteiger partial charge in [0.1, 0.15) is 0 Å². The minimum absolute atomic E-state index is 0.155. The Morgan fingerprint density at radius 1 is 1.36 bits per heavy atom. The molecular weight excluding hydrogens is 174 g/mol. The number of rotatable bonds is 5. The van der Waals surface area contributed by atoms with Gasteiger partial charge < -0.3 is 10.5 Å². The van der Waals surface area contributed by atoms with E-state index < -0.39 is 0 Å². The van der Waals surface area contributed by atoms with Gasteiger partial charge in [0.2, 0.25) is 0 Å². The number of hydrogen-bond donors (Lipinski definition) is 1. The zero-order valence-corrected chi connectivity index (χ0v) is 9.88. The van der Waals surface area contributed by atoms with Gasteiger partial charge in [-0.25, -0.2) is 0 Å². The molecule has 1 aliphatic carbocycles. The van der Waals surface area contributed by atoms with Crippen molar-refractivity contribution in [3.05, 3.63) is 0 Å². The molecule has 1 unspecified atom stereocenters. The standard InChI is InChI=1S/C12H25NO/c1-4-14-12(2,3)11(13)9-10-7-5-6-8-10/h10-11H,4-9,13H2,1-3H3. The first-order valence-corrected chi connectivity index (χ1v) is 5.95. The fourth-order valence-corrected chi connectivity index (χ4v) is 2.37. The Bertz CT molecular complexity index is 162. The van der Waals surface area contributed by atoms with Crippen molar-refractivity contribution in [1.29, 1.82) is 0 Å². The van der Waals surface area contributed by atoms with Crippen molar-refractivity contribution in [2.24, 2.45) is 11.7 Å². The molecular formula is C12H25NO. The summed E-state index contributed by atoms with van der Waals surface area (Å²) in [6.45, 7) is 7.00. The van der Waals surface area contributed by atoms with Crippen molar-refractivity contribution in [1.82, 2.24) is 0 Å². The first-order valence-electron chi connectivity index (χ1n) is 5.95. The average Bonchev–Trinajstić information content (AvgIpc) is 2.56. The van der Waals surface area contributed by atoms with Gasteiger partial charge in [-0.15, -0.1) is 0 Å². The molecule has 0 heterocycles. The van der Waals surface area contributed by atoms with Crippen molar-refractivity contribution < 1.29 is 4.74 Å². The molecule has 0 amide bonds. The van der Waals surface area contributed by atoms with Gasteiger partial charge >= 0.3 is 0 Å². The van der Waals surface area contributed by atoms with Gasteiger partial charge in [-0.1, -0.05) is 25.7 Å². The van der Waals surface area contributed by atoms with E-state index in [0.29, 0.717) is 0 Å². The molecule has 0 bridgehead atoms. The zero-order valence-electron chi connectivity index (χ0n) is 9.88. The van der Waals surface area contributed by atoms with Crippen LogP contribution in [0.3, 0.4) is 0 Å². The molecule has 84 valence electrons. The van der Waals surface area contributed by atoms with Crippen LogP contribution in [0.25, 0.3) is 0 Å². The Morgan fingerprint density at radius 2 is 1.93 bits per heavy atom. The van der Waals surface area contributed by atoms with Crippen molar-refractivity contribution in [2.75, 3.05) is 6.61 Å². The van der Waals surface area contributed by atoms with Gasteiger partial charge in [0.15, 0.2) is 0 Å². The van der Waals surface area contributed by atoms with Crippen LogP contribution < -0.4 is 5.73 Å². The van der Waals surface area contributed by atoms with Crippen LogP contribution in [0, 0.1) is 5.92 Å². The summed E-state index contributed by atoms with van der Waals surface area (Å²) in [5, 5.41) is 0. The van der Waals surface area contributed by atoms with Crippen molar-refractivity contribution >= 4 is 0 Å². The van der Waals surface area contributed by atoms with Crippen molar-refractivity contribution in [3.8, 4) is 0 Å². The lowest BCUT2D eigenvalue weighted by Gasteiger charge is -2.33. The zero-order chi connectivity index (χ0) is 10.6. The van der Waals surface area contributed by atoms with E-state index in [-0.39, 0.29) is 11.6 Å². The number of nitrogens with two attached hydrogens (primary N) is 1. The van der Waals surface area contributed by atoms with Gasteiger partial charge in [0, 0.05) is 12.6 Å². The predicted molar refractivity (Wildman–Crippen MR) is 60.3 cm³/mol. The SMILES string of the molecule is CCOC(C)(C)C(N)CC1CCCC1. The summed E-state index contributed by atoms with van der Waals surface area (Å²) in [5.41, 5.74) is 6.04. The molecule has 1 atom stereocenters. The van der Waals surface area contributed by atoms with E-state index in [1.807, 2.05) is 6.92 Å². The van der Waals surface area contributed by atoms with E-state index in [9.17, 15) is 0 Å². The van der Waals surface area contributed by atoms with Crippen LogP contribution in [0.4, 0.5) is 0 Å². The highest BCUT2D eigenvalue weighted by atomic mass is 16.5. The molecule has 2 N–H and O–H groups in total. The first kappa shape index (κ1) is 12.0. The second kappa shape index (κ2) is 5.13. The van der Waals surface area contributed by atoms with E-state index >= 15 is 0 Å². The summed E-state index contributed by atoms with van der Waals surface area (Å²) in [6, 6.07) is 0.186. The minimum atomic E-state index is -0.155. The molecule has 1 rings (SSSR count). The maximum absolute atomic E-state index is 6.19. The third-order valence-corrected chi connectivity index (χ3v) is 3.47. The molecule has 0 aromatic heterocycles. The van der Waals surface area contributed by atoms with Crippen LogP contribution in [-0.4, -0.2) is 18.2 Å². The van der Waals surface area contributed by atoms with Crippen LogP contribution in [-0.2, 0) is 4.74 Å². The van der Waals surface area contributed by atoms with E-state index in [4.69, 9.17) is 10.5 Å². The van der Waals surface area contributed by atoms with E-state index in [1.165, 1.54) is 25.7 Å². The molecule has 0 radical (unpaired) electrons. The predicted octanol–water partition coefficient (Wildman–Crippen LogP) is 2.71. The Balaban J connectivity index is 2.35. The van der Waals surface area contributed by atoms with Crippen LogP contribution >= 0.6 is 0 Å². The lowest BCUT2D eigenvalue weighted by atomic mass is 9.89. The van der Waals surface area contributed by atoms with Gasteiger partial charge in [0.05, 0.1) is 5.60 Å². The fourth-order valence-electron chi connectivity index (χ4n) is 2.37. The summed E-state index contributed by atoms with van der Waals surface area (Å²) >= 11 is 0. The van der Waals surface area contributed by atoms with E-state index in [2.05, 4.69) is 13.8 Å². The van der Waals surface area contributed by atoms with E-state index in [0.717, 1.165) is 18.9 Å². The molecule has 0 aromatic rings. The second-order valence-corrected chi connectivity index (χ2v) is 5.03.